The first-order valence-corrected chi connectivity index (χ1v) is 6.68. The molecule has 0 unspecified atom stereocenters. The number of nitrogens with one attached hydrogen (secondary N) is 2. The average molecular weight is 258 g/mol. The molecule has 0 fully saturated rings. The van der Waals surface area contributed by atoms with Crippen molar-refractivity contribution >= 4 is 27.9 Å². The van der Waals surface area contributed by atoms with Crippen LogP contribution in [0.4, 0.5) is 5.69 Å². The summed E-state index contributed by atoms with van der Waals surface area (Å²) in [4.78, 5) is 5.54. The van der Waals surface area contributed by atoms with Gasteiger partial charge >= 0.3 is 0 Å². The van der Waals surface area contributed by atoms with E-state index in [0.717, 1.165) is 28.8 Å². The van der Waals surface area contributed by atoms with Crippen LogP contribution in [0.2, 0.25) is 0 Å². The zero-order chi connectivity index (χ0) is 12.5. The molecule has 0 spiro atoms. The minimum Gasteiger partial charge on any atom is -0.380 e. The third kappa shape index (κ3) is 1.97. The summed E-state index contributed by atoms with van der Waals surface area (Å²) in [5.74, 6) is 0. The zero-order valence-electron chi connectivity index (χ0n) is 10.3. The summed E-state index contributed by atoms with van der Waals surface area (Å²) in [7, 11) is 0. The number of H-pyrrole nitrogens is 1. The summed E-state index contributed by atoms with van der Waals surface area (Å²) in [6.45, 7) is 4.96. The van der Waals surface area contributed by atoms with E-state index >= 15 is 0 Å². The second-order valence-corrected chi connectivity index (χ2v) is 5.28. The predicted molar refractivity (Wildman–Crippen MR) is 75.0 cm³/mol. The Morgan fingerprint density at radius 2 is 2.22 bits per heavy atom. The topological polar surface area (TPSA) is 53.6 Å². The molecule has 18 heavy (non-hydrogen) atoms. The number of thiazole rings is 1. The van der Waals surface area contributed by atoms with Crippen molar-refractivity contribution in [3.63, 3.8) is 0 Å². The molecule has 2 N–H and O–H groups in total. The summed E-state index contributed by atoms with van der Waals surface area (Å²) >= 11 is 1.69. The molecular weight excluding hydrogens is 244 g/mol. The fraction of sp³-hybridized carbons (Fsp3) is 0.231. The van der Waals surface area contributed by atoms with Crippen LogP contribution in [-0.2, 0) is 6.54 Å². The molecule has 0 bridgehead atoms. The van der Waals surface area contributed by atoms with Gasteiger partial charge in [0.2, 0.25) is 0 Å². The number of hydrogen-bond acceptors (Lipinski definition) is 4. The molecule has 0 radical (unpaired) electrons. The van der Waals surface area contributed by atoms with Crippen LogP contribution in [0, 0.1) is 13.8 Å². The van der Waals surface area contributed by atoms with E-state index in [1.54, 1.807) is 11.3 Å². The number of rotatable bonds is 3. The first-order valence-electron chi connectivity index (χ1n) is 5.80. The van der Waals surface area contributed by atoms with Crippen molar-refractivity contribution in [2.75, 3.05) is 5.32 Å². The number of benzene rings is 1. The summed E-state index contributed by atoms with van der Waals surface area (Å²) in [6.07, 6.45) is 1.85. The van der Waals surface area contributed by atoms with Crippen LogP contribution in [0.15, 0.2) is 23.8 Å². The zero-order valence-corrected chi connectivity index (χ0v) is 11.1. The first-order chi connectivity index (χ1) is 8.74. The van der Waals surface area contributed by atoms with Crippen molar-refractivity contribution in [2.24, 2.45) is 0 Å². The Morgan fingerprint density at radius 1 is 1.33 bits per heavy atom. The van der Waals surface area contributed by atoms with Crippen molar-refractivity contribution in [2.45, 2.75) is 20.4 Å². The van der Waals surface area contributed by atoms with E-state index < -0.39 is 0 Å². The lowest BCUT2D eigenvalue weighted by molar-refractivity contribution is 1.11. The monoisotopic (exact) mass is 258 g/mol. The lowest BCUT2D eigenvalue weighted by Gasteiger charge is -2.09. The first kappa shape index (κ1) is 11.2. The predicted octanol–water partition coefficient (Wildman–Crippen LogP) is 3.25. The van der Waals surface area contributed by atoms with Gasteiger partial charge in [-0.25, -0.2) is 4.98 Å². The van der Waals surface area contributed by atoms with Gasteiger partial charge in [-0.15, -0.1) is 11.3 Å². The molecule has 4 nitrogen and oxygen atoms in total. The minimum absolute atomic E-state index is 0.820. The third-order valence-electron chi connectivity index (χ3n) is 3.07. The van der Waals surface area contributed by atoms with Gasteiger partial charge < -0.3 is 5.32 Å². The normalized spacial score (nSPS) is 11.0. The highest BCUT2D eigenvalue weighted by molar-refractivity contribution is 7.09. The average Bonchev–Trinajstić information content (AvgIpc) is 2.95. The van der Waals surface area contributed by atoms with Gasteiger partial charge in [-0.2, -0.15) is 5.10 Å². The van der Waals surface area contributed by atoms with Gasteiger partial charge in [0.25, 0.3) is 0 Å². The molecule has 2 aromatic heterocycles. The number of nitrogens with zero attached hydrogens (tertiary/aromatic N) is 2. The molecule has 0 aliphatic heterocycles. The molecular formula is C13H14N4S. The Morgan fingerprint density at radius 3 is 3.00 bits per heavy atom. The van der Waals surface area contributed by atoms with E-state index in [9.17, 15) is 0 Å². The van der Waals surface area contributed by atoms with Gasteiger partial charge in [0.15, 0.2) is 0 Å². The van der Waals surface area contributed by atoms with E-state index in [-0.39, 0.29) is 0 Å². The van der Waals surface area contributed by atoms with Gasteiger partial charge in [0, 0.05) is 16.0 Å². The van der Waals surface area contributed by atoms with Crippen molar-refractivity contribution < 1.29 is 0 Å². The Hall–Kier alpha value is -1.88. The molecule has 3 rings (SSSR count). The van der Waals surface area contributed by atoms with Crippen LogP contribution in [-0.4, -0.2) is 15.2 Å². The van der Waals surface area contributed by atoms with E-state index in [4.69, 9.17) is 0 Å². The molecule has 0 aliphatic carbocycles. The van der Waals surface area contributed by atoms with Crippen molar-refractivity contribution in [1.29, 1.82) is 0 Å². The van der Waals surface area contributed by atoms with E-state index in [2.05, 4.69) is 39.6 Å². The number of aromatic nitrogens is 3. The van der Waals surface area contributed by atoms with Gasteiger partial charge in [-0.3, -0.25) is 5.10 Å². The Kier molecular flexibility index (Phi) is 2.76. The number of aromatic amines is 1. The molecule has 5 heteroatoms. The van der Waals surface area contributed by atoms with E-state index in [0.29, 0.717) is 0 Å². The smallest absolute Gasteiger partial charge is 0.0798 e. The summed E-state index contributed by atoms with van der Waals surface area (Å²) < 4.78 is 0. The largest absolute Gasteiger partial charge is 0.380 e. The van der Waals surface area contributed by atoms with Crippen LogP contribution >= 0.6 is 11.3 Å². The summed E-state index contributed by atoms with van der Waals surface area (Å²) in [6, 6.07) is 4.24. The van der Waals surface area contributed by atoms with Gasteiger partial charge in [-0.1, -0.05) is 0 Å². The molecule has 3 aromatic rings. The molecule has 0 saturated heterocycles. The van der Waals surface area contributed by atoms with Crippen LogP contribution in [0.1, 0.15) is 16.1 Å². The molecule has 0 saturated carbocycles. The molecule has 2 heterocycles. The summed E-state index contributed by atoms with van der Waals surface area (Å²) in [5.41, 5.74) is 6.44. The fourth-order valence-electron chi connectivity index (χ4n) is 1.96. The van der Waals surface area contributed by atoms with Gasteiger partial charge in [-0.05, 0) is 31.5 Å². The van der Waals surface area contributed by atoms with Crippen LogP contribution in [0.3, 0.4) is 0 Å². The molecule has 1 aromatic carbocycles. The molecule has 92 valence electrons. The van der Waals surface area contributed by atoms with Crippen LogP contribution < -0.4 is 5.32 Å². The summed E-state index contributed by atoms with van der Waals surface area (Å²) in [5, 5.41) is 11.6. The number of aryl methyl sites for hydroxylation is 2. The van der Waals surface area contributed by atoms with Crippen LogP contribution in [0.25, 0.3) is 10.9 Å². The van der Waals surface area contributed by atoms with Crippen LogP contribution in [0.5, 0.6) is 0 Å². The fourth-order valence-corrected chi connectivity index (χ4v) is 2.68. The third-order valence-corrected chi connectivity index (χ3v) is 4.00. The highest BCUT2D eigenvalue weighted by atomic mass is 32.1. The second-order valence-electron chi connectivity index (χ2n) is 4.34. The number of fused-ring (bicyclic) bond motifs is 1. The SMILES string of the molecule is Cc1cc2[nH]ncc2cc1NCc1scnc1C. The maximum absolute atomic E-state index is 4.26. The Bertz CT molecular complexity index is 683. The molecule has 0 atom stereocenters. The highest BCUT2D eigenvalue weighted by Crippen LogP contribution is 2.23. The lowest BCUT2D eigenvalue weighted by Crippen LogP contribution is -2.00. The van der Waals surface area contributed by atoms with Gasteiger partial charge in [0.1, 0.15) is 0 Å². The van der Waals surface area contributed by atoms with E-state index in [1.807, 2.05) is 18.6 Å². The van der Waals surface area contributed by atoms with Crippen molar-refractivity contribution in [3.8, 4) is 0 Å². The Labute approximate surface area is 109 Å². The standard InChI is InChI=1S/C13H14N4S/c1-8-3-12-10(5-16-17-12)4-11(8)14-6-13-9(2)15-7-18-13/h3-5,7,14H,6H2,1-2H3,(H,16,17). The minimum atomic E-state index is 0.820. The molecule has 0 amide bonds. The van der Waals surface area contributed by atoms with E-state index in [1.165, 1.54) is 10.4 Å². The maximum Gasteiger partial charge on any atom is 0.0798 e. The second kappa shape index (κ2) is 4.42. The van der Waals surface area contributed by atoms with Crippen molar-refractivity contribution in [1.82, 2.24) is 15.2 Å². The Balaban J connectivity index is 1.86. The van der Waals surface area contributed by atoms with Crippen molar-refractivity contribution in [3.05, 3.63) is 40.0 Å². The number of anilines is 1. The maximum atomic E-state index is 4.26. The number of hydrogen-bond donors (Lipinski definition) is 2. The quantitative estimate of drug-likeness (QED) is 0.758. The lowest BCUT2D eigenvalue weighted by atomic mass is 10.1. The highest BCUT2D eigenvalue weighted by Gasteiger charge is 2.05. The molecule has 0 aliphatic rings. The van der Waals surface area contributed by atoms with Gasteiger partial charge in [0.05, 0.1) is 29.5 Å².